The van der Waals surface area contributed by atoms with Gasteiger partial charge in [0.15, 0.2) is 5.79 Å². The Morgan fingerprint density at radius 2 is 2.00 bits per heavy atom. The first-order chi connectivity index (χ1) is 17.7. The van der Waals surface area contributed by atoms with Gasteiger partial charge in [-0.05, 0) is 47.9 Å². The summed E-state index contributed by atoms with van der Waals surface area (Å²) in [6.07, 6.45) is -0.0386. The standard InChI is InChI=1S/C26H25ClFN3O6/c1-31-22(32)13-26(30-23(31)29-24(33)34)18-4-5-25(35-6-7-36-25)12-21(18)37-20-3-2-14(10-19(20)26)15-8-16(27)11-17(28)9-15/h2-3,8-11,18,21H,4-7,12-13H2,1H3,(H,29,30)(H,33,34). The Hall–Kier alpha value is -3.21. The molecule has 3 aliphatic heterocycles. The van der Waals surface area contributed by atoms with E-state index in [0.717, 1.165) is 0 Å². The van der Waals surface area contributed by atoms with E-state index in [9.17, 15) is 19.1 Å². The number of fused-ring (bicyclic) bond motifs is 4. The van der Waals surface area contributed by atoms with Gasteiger partial charge in [-0.25, -0.2) is 14.2 Å². The Balaban J connectivity index is 1.52. The molecule has 2 aromatic rings. The van der Waals surface area contributed by atoms with E-state index in [1.807, 2.05) is 6.07 Å². The summed E-state index contributed by atoms with van der Waals surface area (Å²) >= 11 is 6.11. The molecule has 0 radical (unpaired) electrons. The van der Waals surface area contributed by atoms with E-state index in [2.05, 4.69) is 5.32 Å². The van der Waals surface area contributed by atoms with Gasteiger partial charge in [0.05, 0.1) is 19.6 Å². The number of benzene rings is 2. The maximum absolute atomic E-state index is 14.2. The second kappa shape index (κ2) is 8.68. The maximum atomic E-state index is 14.2. The highest BCUT2D eigenvalue weighted by Crippen LogP contribution is 2.56. The molecule has 2 aromatic carbocycles. The van der Waals surface area contributed by atoms with Crippen molar-refractivity contribution in [1.29, 1.82) is 0 Å². The number of carbonyl (C=O) groups is 2. The van der Waals surface area contributed by atoms with E-state index in [4.69, 9.17) is 30.8 Å². The molecule has 1 aliphatic carbocycles. The smallest absolute Gasteiger partial charge is 0.411 e. The average Bonchev–Trinajstić information content (AvgIpc) is 3.28. The minimum atomic E-state index is -1.32. The van der Waals surface area contributed by atoms with Gasteiger partial charge in [-0.3, -0.25) is 15.0 Å². The third kappa shape index (κ3) is 4.03. The van der Waals surface area contributed by atoms with Crippen LogP contribution in [0.15, 0.2) is 41.4 Å². The summed E-state index contributed by atoms with van der Waals surface area (Å²) in [6, 6.07) is 9.69. The van der Waals surface area contributed by atoms with Gasteiger partial charge in [-0.1, -0.05) is 17.7 Å². The van der Waals surface area contributed by atoms with Gasteiger partial charge >= 0.3 is 6.09 Å². The van der Waals surface area contributed by atoms with Crippen molar-refractivity contribution in [3.8, 4) is 16.9 Å². The molecule has 2 fully saturated rings. The van der Waals surface area contributed by atoms with Crippen molar-refractivity contribution >= 4 is 29.6 Å². The summed E-state index contributed by atoms with van der Waals surface area (Å²) < 4.78 is 32.5. The third-order valence-corrected chi connectivity index (χ3v) is 8.00. The van der Waals surface area contributed by atoms with Gasteiger partial charge in [-0.2, -0.15) is 0 Å². The molecule has 0 aromatic heterocycles. The second-order valence-corrected chi connectivity index (χ2v) is 10.3. The molecule has 2 spiro atoms. The first kappa shape index (κ1) is 24.1. The topological polar surface area (TPSA) is 110 Å². The minimum Gasteiger partial charge on any atom is -0.489 e. The van der Waals surface area contributed by atoms with Crippen LogP contribution in [-0.4, -0.2) is 60.1 Å². The lowest BCUT2D eigenvalue weighted by Crippen LogP contribution is -2.60. The summed E-state index contributed by atoms with van der Waals surface area (Å²) in [5.41, 5.74) is 0.771. The molecule has 1 saturated carbocycles. The molecule has 37 heavy (non-hydrogen) atoms. The Bertz CT molecular complexity index is 1310. The van der Waals surface area contributed by atoms with E-state index >= 15 is 0 Å². The zero-order chi connectivity index (χ0) is 25.9. The van der Waals surface area contributed by atoms with Crippen molar-refractivity contribution in [1.82, 2.24) is 10.2 Å². The largest absolute Gasteiger partial charge is 0.489 e. The molecule has 9 nitrogen and oxygen atoms in total. The molecule has 1 saturated heterocycles. The van der Waals surface area contributed by atoms with Crippen LogP contribution in [0.3, 0.4) is 0 Å². The fourth-order valence-electron chi connectivity index (χ4n) is 6.12. The van der Waals surface area contributed by atoms with Gasteiger partial charge in [-0.15, -0.1) is 0 Å². The SMILES string of the molecule is CN1C(=O)CC2(N=C1NC(=O)O)c1cc(-c3cc(F)cc(Cl)c3)ccc1OC1CC3(CCC12)OCCO3. The zero-order valence-corrected chi connectivity index (χ0v) is 20.8. The highest BCUT2D eigenvalue weighted by molar-refractivity contribution is 6.30. The van der Waals surface area contributed by atoms with Gasteiger partial charge in [0.25, 0.3) is 0 Å². The number of nitrogens with zero attached hydrogens (tertiary/aromatic N) is 2. The van der Waals surface area contributed by atoms with Crippen molar-refractivity contribution in [2.75, 3.05) is 20.3 Å². The molecule has 11 heteroatoms. The fourth-order valence-corrected chi connectivity index (χ4v) is 6.34. The number of rotatable bonds is 1. The van der Waals surface area contributed by atoms with Crippen LogP contribution in [0, 0.1) is 11.7 Å². The quantitative estimate of drug-likeness (QED) is 0.575. The van der Waals surface area contributed by atoms with Crippen molar-refractivity contribution < 1.29 is 33.3 Å². The van der Waals surface area contributed by atoms with Gasteiger partial charge in [0.2, 0.25) is 11.9 Å². The third-order valence-electron chi connectivity index (χ3n) is 7.78. The number of ether oxygens (including phenoxy) is 3. The van der Waals surface area contributed by atoms with Crippen LogP contribution in [-0.2, 0) is 19.8 Å². The Kier molecular flexibility index (Phi) is 5.66. The predicted molar refractivity (Wildman–Crippen MR) is 131 cm³/mol. The highest BCUT2D eigenvalue weighted by Gasteiger charge is 2.59. The number of nitrogens with one attached hydrogen (secondary N) is 1. The van der Waals surface area contributed by atoms with Gasteiger partial charge in [0.1, 0.15) is 23.2 Å². The lowest BCUT2D eigenvalue weighted by atomic mass is 9.64. The van der Waals surface area contributed by atoms with E-state index in [1.165, 1.54) is 24.1 Å². The van der Waals surface area contributed by atoms with Gasteiger partial charge in [0, 0.05) is 36.4 Å². The number of aliphatic imine (C=N–C) groups is 1. The average molecular weight is 530 g/mol. The van der Waals surface area contributed by atoms with Crippen molar-refractivity contribution in [2.45, 2.75) is 43.1 Å². The van der Waals surface area contributed by atoms with E-state index in [-0.39, 0.29) is 35.3 Å². The number of guanidine groups is 1. The summed E-state index contributed by atoms with van der Waals surface area (Å²) in [4.78, 5) is 31.0. The first-order valence-electron chi connectivity index (χ1n) is 12.1. The van der Waals surface area contributed by atoms with E-state index in [1.54, 1.807) is 18.2 Å². The monoisotopic (exact) mass is 529 g/mol. The molecule has 6 rings (SSSR count). The number of carbonyl (C=O) groups excluding carboxylic acids is 1. The number of amides is 2. The molecule has 0 bridgehead atoms. The number of halogens is 2. The molecule has 3 heterocycles. The highest BCUT2D eigenvalue weighted by atomic mass is 35.5. The Morgan fingerprint density at radius 3 is 2.73 bits per heavy atom. The van der Waals surface area contributed by atoms with Crippen LogP contribution < -0.4 is 10.1 Å². The van der Waals surface area contributed by atoms with Crippen LogP contribution in [0.1, 0.15) is 31.2 Å². The van der Waals surface area contributed by atoms with Crippen LogP contribution in [0.4, 0.5) is 9.18 Å². The lowest BCUT2D eigenvalue weighted by Gasteiger charge is -2.52. The molecule has 2 N–H and O–H groups in total. The summed E-state index contributed by atoms with van der Waals surface area (Å²) in [5.74, 6) is -1.27. The van der Waals surface area contributed by atoms with Gasteiger partial charge < -0.3 is 19.3 Å². The van der Waals surface area contributed by atoms with Crippen molar-refractivity contribution in [3.05, 3.63) is 52.8 Å². The van der Waals surface area contributed by atoms with Crippen LogP contribution in [0.25, 0.3) is 11.1 Å². The van der Waals surface area contributed by atoms with Crippen LogP contribution in [0.5, 0.6) is 5.75 Å². The Morgan fingerprint density at radius 1 is 1.22 bits per heavy atom. The molecule has 3 atom stereocenters. The molecular formula is C26H25ClFN3O6. The van der Waals surface area contributed by atoms with E-state index < -0.39 is 23.2 Å². The number of hydrogen-bond acceptors (Lipinski definition) is 6. The number of hydrogen-bond donors (Lipinski definition) is 2. The van der Waals surface area contributed by atoms with Crippen molar-refractivity contribution in [3.63, 3.8) is 0 Å². The molecule has 2 amide bonds. The normalized spacial score (nSPS) is 27.9. The lowest BCUT2D eigenvalue weighted by molar-refractivity contribution is -0.210. The zero-order valence-electron chi connectivity index (χ0n) is 20.0. The first-order valence-corrected chi connectivity index (χ1v) is 12.5. The molecule has 194 valence electrons. The summed E-state index contributed by atoms with van der Waals surface area (Å²) in [7, 11) is 1.49. The molecular weight excluding hydrogens is 505 g/mol. The van der Waals surface area contributed by atoms with E-state index in [0.29, 0.717) is 54.9 Å². The van der Waals surface area contributed by atoms with Crippen molar-refractivity contribution in [2.24, 2.45) is 10.9 Å². The molecule has 3 unspecified atom stereocenters. The second-order valence-electron chi connectivity index (χ2n) is 9.90. The minimum absolute atomic E-state index is 0.0217. The predicted octanol–water partition coefficient (Wildman–Crippen LogP) is 4.13. The number of carboxylic acid groups (broad SMARTS) is 1. The summed E-state index contributed by atoms with van der Waals surface area (Å²) in [5, 5.41) is 12.0. The summed E-state index contributed by atoms with van der Waals surface area (Å²) in [6.45, 7) is 1.01. The fraction of sp³-hybridized carbons (Fsp3) is 0.423. The van der Waals surface area contributed by atoms with Crippen LogP contribution in [0.2, 0.25) is 5.02 Å². The maximum Gasteiger partial charge on any atom is 0.411 e. The Labute approximate surface area is 217 Å². The molecule has 4 aliphatic rings. The van der Waals surface area contributed by atoms with Crippen LogP contribution >= 0.6 is 11.6 Å².